The van der Waals surface area contributed by atoms with Crippen LogP contribution in [0.1, 0.15) is 6.92 Å². The highest BCUT2D eigenvalue weighted by Gasteiger charge is 1.81. The van der Waals surface area contributed by atoms with Gasteiger partial charge in [-0.15, -0.1) is 0 Å². The van der Waals surface area contributed by atoms with Gasteiger partial charge in [-0.1, -0.05) is 18.2 Å². The Balaban J connectivity index is 2.59. The molecule has 0 bridgehead atoms. The normalized spacial score (nSPS) is 10.1. The molecule has 0 amide bonds. The number of hydrogen-bond donors (Lipinski definition) is 1. The van der Waals surface area contributed by atoms with Crippen molar-refractivity contribution in [3.63, 3.8) is 0 Å². The van der Waals surface area contributed by atoms with E-state index in [0.717, 1.165) is 5.69 Å². The molecule has 0 aliphatic heterocycles. The molecule has 52 valence electrons. The van der Waals surface area contributed by atoms with Gasteiger partial charge in [0, 0.05) is 6.21 Å². The first kappa shape index (κ1) is 6.81. The van der Waals surface area contributed by atoms with Crippen LogP contribution in [-0.2, 0) is 0 Å². The summed E-state index contributed by atoms with van der Waals surface area (Å²) in [5.74, 6) is 0. The lowest BCUT2D eigenvalue weighted by molar-refractivity contribution is 1.35. The van der Waals surface area contributed by atoms with Gasteiger partial charge in [0.15, 0.2) is 0 Å². The highest BCUT2D eigenvalue weighted by atomic mass is 15.3. The van der Waals surface area contributed by atoms with Crippen LogP contribution < -0.4 is 5.43 Å². The minimum absolute atomic E-state index is 1.01. The molecule has 0 aliphatic carbocycles. The highest BCUT2D eigenvalue weighted by Crippen LogP contribution is 2.03. The van der Waals surface area contributed by atoms with E-state index in [9.17, 15) is 0 Å². The summed E-state index contributed by atoms with van der Waals surface area (Å²) in [5, 5.41) is 3.87. The van der Waals surface area contributed by atoms with Crippen molar-refractivity contribution in [2.75, 3.05) is 5.43 Å². The maximum atomic E-state index is 3.87. The van der Waals surface area contributed by atoms with Crippen LogP contribution in [0.15, 0.2) is 35.4 Å². The lowest BCUT2D eigenvalue weighted by Gasteiger charge is -1.95. The maximum absolute atomic E-state index is 3.87. The maximum Gasteiger partial charge on any atom is 0.0561 e. The third-order valence-corrected chi connectivity index (χ3v) is 1.10. The second-order valence-corrected chi connectivity index (χ2v) is 1.87. The van der Waals surface area contributed by atoms with E-state index < -0.39 is 0 Å². The first-order valence-corrected chi connectivity index (χ1v) is 3.22. The number of benzene rings is 1. The monoisotopic (exact) mass is 134 g/mol. The second kappa shape index (κ2) is 3.67. The van der Waals surface area contributed by atoms with Crippen molar-refractivity contribution in [1.29, 1.82) is 0 Å². The number of nitrogens with zero attached hydrogens (tertiary/aromatic N) is 1. The van der Waals surface area contributed by atoms with Gasteiger partial charge in [0.2, 0.25) is 0 Å². The topological polar surface area (TPSA) is 24.4 Å². The fourth-order valence-electron chi connectivity index (χ4n) is 0.652. The Morgan fingerprint density at radius 1 is 1.30 bits per heavy atom. The number of nitrogens with one attached hydrogen (secondary N) is 1. The van der Waals surface area contributed by atoms with Gasteiger partial charge >= 0.3 is 0 Å². The predicted molar refractivity (Wildman–Crippen MR) is 44.2 cm³/mol. The third kappa shape index (κ3) is 1.90. The number of anilines is 1. The van der Waals surface area contributed by atoms with Crippen LogP contribution >= 0.6 is 0 Å². The van der Waals surface area contributed by atoms with Gasteiger partial charge in [-0.05, 0) is 19.1 Å². The summed E-state index contributed by atoms with van der Waals surface area (Å²) in [6, 6.07) is 9.84. The van der Waals surface area contributed by atoms with Gasteiger partial charge in [-0.2, -0.15) is 5.10 Å². The molecule has 1 N–H and O–H groups in total. The van der Waals surface area contributed by atoms with Gasteiger partial charge in [0.25, 0.3) is 0 Å². The molecule has 0 radical (unpaired) electrons. The zero-order chi connectivity index (χ0) is 7.23. The molecule has 1 aromatic carbocycles. The first-order chi connectivity index (χ1) is 4.93. The van der Waals surface area contributed by atoms with Crippen molar-refractivity contribution in [2.45, 2.75) is 6.92 Å². The molecule has 0 heterocycles. The SMILES string of the molecule is CC=NNc1ccccc1. The van der Waals surface area contributed by atoms with E-state index in [1.807, 2.05) is 37.3 Å². The number of rotatable bonds is 2. The lowest BCUT2D eigenvalue weighted by atomic mass is 10.3. The first-order valence-electron chi connectivity index (χ1n) is 3.22. The van der Waals surface area contributed by atoms with Gasteiger partial charge in [0.05, 0.1) is 5.69 Å². The van der Waals surface area contributed by atoms with E-state index in [-0.39, 0.29) is 0 Å². The molecule has 1 rings (SSSR count). The quantitative estimate of drug-likeness (QED) is 0.486. The Labute approximate surface area is 60.6 Å². The van der Waals surface area contributed by atoms with E-state index >= 15 is 0 Å². The van der Waals surface area contributed by atoms with Crippen molar-refractivity contribution in [3.8, 4) is 0 Å². The molecule has 10 heavy (non-hydrogen) atoms. The molecule has 0 fully saturated rings. The molecular weight excluding hydrogens is 124 g/mol. The average molecular weight is 134 g/mol. The van der Waals surface area contributed by atoms with Gasteiger partial charge in [-0.3, -0.25) is 5.43 Å². The summed E-state index contributed by atoms with van der Waals surface area (Å²) in [6.07, 6.45) is 1.72. The van der Waals surface area contributed by atoms with Gasteiger partial charge in [0.1, 0.15) is 0 Å². The molecule has 0 aromatic heterocycles. The summed E-state index contributed by atoms with van der Waals surface area (Å²) < 4.78 is 0. The summed E-state index contributed by atoms with van der Waals surface area (Å²) in [6.45, 7) is 1.87. The molecule has 2 heteroatoms. The highest BCUT2D eigenvalue weighted by molar-refractivity contribution is 5.56. The van der Waals surface area contributed by atoms with Crippen LogP contribution in [0.25, 0.3) is 0 Å². The Kier molecular flexibility index (Phi) is 2.49. The van der Waals surface area contributed by atoms with E-state index in [0.29, 0.717) is 0 Å². The van der Waals surface area contributed by atoms with Crippen molar-refractivity contribution in [2.24, 2.45) is 5.10 Å². The van der Waals surface area contributed by atoms with Crippen LogP contribution in [0.5, 0.6) is 0 Å². The average Bonchev–Trinajstić information content (AvgIpc) is 2.03. The van der Waals surface area contributed by atoms with E-state index in [1.54, 1.807) is 6.21 Å². The van der Waals surface area contributed by atoms with E-state index in [2.05, 4.69) is 10.5 Å². The van der Waals surface area contributed by atoms with Gasteiger partial charge < -0.3 is 0 Å². The molecule has 0 saturated heterocycles. The van der Waals surface area contributed by atoms with E-state index in [1.165, 1.54) is 0 Å². The van der Waals surface area contributed by atoms with Crippen LogP contribution in [-0.4, -0.2) is 6.21 Å². The predicted octanol–water partition coefficient (Wildman–Crippen LogP) is 2.10. The fourth-order valence-corrected chi connectivity index (χ4v) is 0.652. The molecule has 0 atom stereocenters. The number of hydrogen-bond acceptors (Lipinski definition) is 2. The largest absolute Gasteiger partial charge is 0.279 e. The molecular formula is C8H10N2. The summed E-state index contributed by atoms with van der Waals surface area (Å²) in [5.41, 5.74) is 3.88. The molecule has 0 spiro atoms. The van der Waals surface area contributed by atoms with Crippen LogP contribution in [0.3, 0.4) is 0 Å². The molecule has 0 unspecified atom stereocenters. The minimum Gasteiger partial charge on any atom is -0.279 e. The molecule has 0 saturated carbocycles. The van der Waals surface area contributed by atoms with Crippen molar-refractivity contribution in [1.82, 2.24) is 0 Å². The zero-order valence-corrected chi connectivity index (χ0v) is 5.91. The Hall–Kier alpha value is -1.31. The second-order valence-electron chi connectivity index (χ2n) is 1.87. The summed E-state index contributed by atoms with van der Waals surface area (Å²) >= 11 is 0. The van der Waals surface area contributed by atoms with Crippen LogP contribution in [0.4, 0.5) is 5.69 Å². The van der Waals surface area contributed by atoms with Crippen molar-refractivity contribution < 1.29 is 0 Å². The fraction of sp³-hybridized carbons (Fsp3) is 0.125. The molecule has 2 nitrogen and oxygen atoms in total. The zero-order valence-electron chi connectivity index (χ0n) is 5.91. The molecule has 1 aromatic rings. The summed E-state index contributed by atoms with van der Waals surface area (Å²) in [7, 11) is 0. The lowest BCUT2D eigenvalue weighted by Crippen LogP contribution is -1.85. The van der Waals surface area contributed by atoms with Crippen LogP contribution in [0, 0.1) is 0 Å². The van der Waals surface area contributed by atoms with Gasteiger partial charge in [-0.25, -0.2) is 0 Å². The smallest absolute Gasteiger partial charge is 0.0561 e. The third-order valence-electron chi connectivity index (χ3n) is 1.10. The summed E-state index contributed by atoms with van der Waals surface area (Å²) in [4.78, 5) is 0. The standard InChI is InChI=1S/C8H10N2/c1-2-9-10-8-6-4-3-5-7-8/h2-7,10H,1H3. The van der Waals surface area contributed by atoms with Crippen LogP contribution in [0.2, 0.25) is 0 Å². The Morgan fingerprint density at radius 2 is 2.00 bits per heavy atom. The molecule has 0 aliphatic rings. The Morgan fingerprint density at radius 3 is 2.60 bits per heavy atom. The minimum atomic E-state index is 1.01. The van der Waals surface area contributed by atoms with E-state index in [4.69, 9.17) is 0 Å². The van der Waals surface area contributed by atoms with Crippen molar-refractivity contribution in [3.05, 3.63) is 30.3 Å². The Bertz CT molecular complexity index is 204. The van der Waals surface area contributed by atoms with Crippen molar-refractivity contribution >= 4 is 11.9 Å². The number of hydrazone groups is 1. The number of para-hydroxylation sites is 1.